The second kappa shape index (κ2) is 8.49. The summed E-state index contributed by atoms with van der Waals surface area (Å²) in [5.74, 6) is -0.210. The minimum atomic E-state index is -4.26. The van der Waals surface area contributed by atoms with Gasteiger partial charge in [-0.15, -0.1) is 0 Å². The predicted molar refractivity (Wildman–Crippen MR) is 119 cm³/mol. The number of aryl methyl sites for hydroxylation is 2. The number of aromatic hydroxyl groups is 1. The molecule has 0 aliphatic rings. The van der Waals surface area contributed by atoms with Crippen molar-refractivity contribution in [3.05, 3.63) is 81.8 Å². The van der Waals surface area contributed by atoms with Gasteiger partial charge in [0.2, 0.25) is 0 Å². The summed E-state index contributed by atoms with van der Waals surface area (Å²) in [6.45, 7) is 3.29. The van der Waals surface area contributed by atoms with E-state index in [0.29, 0.717) is 16.9 Å². The van der Waals surface area contributed by atoms with Gasteiger partial charge in [0.25, 0.3) is 15.9 Å². The first-order chi connectivity index (χ1) is 14.1. The van der Waals surface area contributed by atoms with Crippen molar-refractivity contribution in [1.82, 2.24) is 0 Å². The fourth-order valence-corrected chi connectivity index (χ4v) is 4.95. The maximum atomic E-state index is 13.6. The number of carbonyl (C=O) groups is 1. The molecule has 3 aromatic carbocycles. The van der Waals surface area contributed by atoms with Gasteiger partial charge in [0.1, 0.15) is 11.5 Å². The number of nitrogens with zero attached hydrogens (tertiary/aromatic N) is 1. The lowest BCUT2D eigenvalue weighted by Gasteiger charge is -2.26. The van der Waals surface area contributed by atoms with Crippen molar-refractivity contribution >= 4 is 37.5 Å². The van der Waals surface area contributed by atoms with Crippen LogP contribution < -0.4 is 9.04 Å². The van der Waals surface area contributed by atoms with Gasteiger partial charge in [-0.2, -0.15) is 4.31 Å². The molecule has 0 radical (unpaired) electrons. The number of phenols is 1. The molecular formula is C22H20BrNO5S. The molecule has 6 nitrogen and oxygen atoms in total. The summed E-state index contributed by atoms with van der Waals surface area (Å²) >= 11 is 3.31. The average molecular weight is 490 g/mol. The molecule has 0 aliphatic heterocycles. The van der Waals surface area contributed by atoms with Crippen LogP contribution >= 0.6 is 15.9 Å². The number of carbonyl (C=O) groups excluding carboxylic acids is 1. The predicted octanol–water partition coefficient (Wildman–Crippen LogP) is 4.82. The van der Waals surface area contributed by atoms with Gasteiger partial charge in [-0.1, -0.05) is 15.9 Å². The molecule has 0 aromatic heterocycles. The molecule has 156 valence electrons. The Morgan fingerprint density at radius 2 is 1.50 bits per heavy atom. The molecule has 0 heterocycles. The number of rotatable bonds is 5. The van der Waals surface area contributed by atoms with Gasteiger partial charge in [0.15, 0.2) is 0 Å². The molecule has 8 heteroatoms. The van der Waals surface area contributed by atoms with Crippen LogP contribution in [0.2, 0.25) is 0 Å². The highest BCUT2D eigenvalue weighted by Crippen LogP contribution is 2.34. The number of hydrogen-bond donors (Lipinski definition) is 1. The lowest BCUT2D eigenvalue weighted by Crippen LogP contribution is -2.38. The number of benzene rings is 3. The molecule has 0 saturated heterocycles. The Balaban J connectivity index is 2.24. The van der Waals surface area contributed by atoms with E-state index in [4.69, 9.17) is 4.74 Å². The number of ether oxygens (including phenoxy) is 1. The third-order valence-electron chi connectivity index (χ3n) is 4.55. The second-order valence-electron chi connectivity index (χ2n) is 6.69. The van der Waals surface area contributed by atoms with E-state index in [1.165, 1.54) is 43.5 Å². The number of phenolic OH excluding ortho intramolecular Hbond substituents is 1. The van der Waals surface area contributed by atoms with Gasteiger partial charge in [0.05, 0.1) is 17.7 Å². The van der Waals surface area contributed by atoms with Crippen LogP contribution in [-0.4, -0.2) is 26.5 Å². The summed E-state index contributed by atoms with van der Waals surface area (Å²) in [5, 5.41) is 9.89. The smallest absolute Gasteiger partial charge is 0.272 e. The zero-order chi connectivity index (χ0) is 22.1. The van der Waals surface area contributed by atoms with Crippen molar-refractivity contribution in [3.8, 4) is 11.5 Å². The minimum Gasteiger partial charge on any atom is -0.508 e. The molecule has 0 fully saturated rings. The van der Waals surface area contributed by atoms with Crippen molar-refractivity contribution in [2.75, 3.05) is 11.4 Å². The van der Waals surface area contributed by atoms with E-state index in [1.54, 1.807) is 38.1 Å². The second-order valence-corrected chi connectivity index (χ2v) is 9.39. The molecule has 3 aromatic rings. The first-order valence-corrected chi connectivity index (χ1v) is 11.2. The summed E-state index contributed by atoms with van der Waals surface area (Å²) in [6, 6.07) is 15.1. The largest absolute Gasteiger partial charge is 0.508 e. The van der Waals surface area contributed by atoms with Gasteiger partial charge in [0, 0.05) is 10.0 Å². The fraction of sp³-hybridized carbons (Fsp3) is 0.136. The first kappa shape index (κ1) is 21.9. The van der Waals surface area contributed by atoms with Gasteiger partial charge < -0.3 is 9.84 Å². The highest BCUT2D eigenvalue weighted by molar-refractivity contribution is 9.10. The Morgan fingerprint density at radius 3 is 2.00 bits per heavy atom. The summed E-state index contributed by atoms with van der Waals surface area (Å²) < 4.78 is 33.8. The zero-order valence-electron chi connectivity index (χ0n) is 16.6. The van der Waals surface area contributed by atoms with E-state index in [9.17, 15) is 18.3 Å². The molecule has 3 rings (SSSR count). The molecule has 0 saturated carbocycles. The molecular weight excluding hydrogens is 470 g/mol. The molecule has 30 heavy (non-hydrogen) atoms. The lowest BCUT2D eigenvalue weighted by molar-refractivity contribution is 0.100. The summed E-state index contributed by atoms with van der Waals surface area (Å²) in [7, 11) is -2.78. The maximum Gasteiger partial charge on any atom is 0.272 e. The number of methoxy groups -OCH3 is 1. The van der Waals surface area contributed by atoms with Gasteiger partial charge in [-0.3, -0.25) is 4.79 Å². The normalized spacial score (nSPS) is 11.2. The third-order valence-corrected chi connectivity index (χ3v) is 6.78. The Labute approximate surface area is 183 Å². The van der Waals surface area contributed by atoms with Crippen LogP contribution in [0.3, 0.4) is 0 Å². The van der Waals surface area contributed by atoms with Crippen molar-refractivity contribution in [1.29, 1.82) is 0 Å². The molecule has 0 bridgehead atoms. The van der Waals surface area contributed by atoms with E-state index < -0.39 is 15.9 Å². The Bertz CT molecular complexity index is 1170. The van der Waals surface area contributed by atoms with Crippen molar-refractivity contribution in [2.24, 2.45) is 0 Å². The summed E-state index contributed by atoms with van der Waals surface area (Å²) in [4.78, 5) is 13.4. The van der Waals surface area contributed by atoms with Gasteiger partial charge >= 0.3 is 0 Å². The molecule has 0 aliphatic carbocycles. The van der Waals surface area contributed by atoms with Crippen molar-refractivity contribution < 1.29 is 23.1 Å². The highest BCUT2D eigenvalue weighted by Gasteiger charge is 2.34. The summed E-state index contributed by atoms with van der Waals surface area (Å²) in [5.41, 5.74) is 1.32. The van der Waals surface area contributed by atoms with Crippen LogP contribution in [0, 0.1) is 13.8 Å². The molecule has 0 spiro atoms. The van der Waals surface area contributed by atoms with Crippen molar-refractivity contribution in [3.63, 3.8) is 0 Å². The highest BCUT2D eigenvalue weighted by atomic mass is 79.9. The van der Waals surface area contributed by atoms with E-state index >= 15 is 0 Å². The van der Waals surface area contributed by atoms with Gasteiger partial charge in [-0.05, 0) is 85.6 Å². The Morgan fingerprint density at radius 1 is 0.967 bits per heavy atom. The average Bonchev–Trinajstić information content (AvgIpc) is 2.70. The number of sulfonamides is 1. The topological polar surface area (TPSA) is 83.9 Å². The van der Waals surface area contributed by atoms with Crippen LogP contribution in [-0.2, 0) is 10.0 Å². The molecule has 0 unspecified atom stereocenters. The monoisotopic (exact) mass is 489 g/mol. The number of anilines is 1. The Kier molecular flexibility index (Phi) is 6.19. The van der Waals surface area contributed by atoms with Crippen LogP contribution in [0.4, 0.5) is 5.69 Å². The minimum absolute atomic E-state index is 0.00774. The third kappa shape index (κ3) is 4.20. The fourth-order valence-electron chi connectivity index (χ4n) is 3.15. The summed E-state index contributed by atoms with van der Waals surface area (Å²) in [6.07, 6.45) is 0. The molecule has 0 atom stereocenters. The zero-order valence-corrected chi connectivity index (χ0v) is 19.0. The van der Waals surface area contributed by atoms with E-state index in [-0.39, 0.29) is 21.9 Å². The van der Waals surface area contributed by atoms with Crippen LogP contribution in [0.1, 0.15) is 21.5 Å². The van der Waals surface area contributed by atoms with Gasteiger partial charge in [-0.25, -0.2) is 8.42 Å². The lowest BCUT2D eigenvalue weighted by atomic mass is 10.1. The molecule has 1 N–H and O–H groups in total. The quantitative estimate of drug-likeness (QED) is 0.555. The van der Waals surface area contributed by atoms with Crippen LogP contribution in [0.25, 0.3) is 0 Å². The SMILES string of the molecule is COc1ccc(S(=O)(=O)N(C(=O)c2ccc(Br)cc2)c2c(C)cc(O)cc2C)cc1. The number of hydrogen-bond acceptors (Lipinski definition) is 5. The number of halogens is 1. The van der Waals surface area contributed by atoms with E-state index in [2.05, 4.69) is 15.9 Å². The number of amides is 1. The van der Waals surface area contributed by atoms with Crippen LogP contribution in [0.5, 0.6) is 11.5 Å². The van der Waals surface area contributed by atoms with E-state index in [1.807, 2.05) is 0 Å². The maximum absolute atomic E-state index is 13.6. The molecule has 1 amide bonds. The van der Waals surface area contributed by atoms with Crippen LogP contribution in [0.15, 0.2) is 70.0 Å². The first-order valence-electron chi connectivity index (χ1n) is 8.94. The van der Waals surface area contributed by atoms with Crippen molar-refractivity contribution in [2.45, 2.75) is 18.7 Å². The Hall–Kier alpha value is -2.84. The standard InChI is InChI=1S/C22H20BrNO5S/c1-14-12-18(25)13-15(2)21(14)24(22(26)16-4-6-17(23)7-5-16)30(27,28)20-10-8-19(29-3)9-11-20/h4-13,25H,1-3H3. The van der Waals surface area contributed by atoms with E-state index in [0.717, 1.165) is 8.78 Å².